The molecule has 0 spiro atoms. The van der Waals surface area contributed by atoms with Crippen molar-refractivity contribution >= 4 is 5.78 Å². The predicted octanol–water partition coefficient (Wildman–Crippen LogP) is 5.21. The van der Waals surface area contributed by atoms with Crippen LogP contribution in [-0.4, -0.2) is 45.2 Å². The van der Waals surface area contributed by atoms with Gasteiger partial charge in [-0.3, -0.25) is 4.79 Å². The van der Waals surface area contributed by atoms with Crippen LogP contribution in [0.5, 0.6) is 0 Å². The van der Waals surface area contributed by atoms with Gasteiger partial charge < -0.3 is 24.8 Å². The Bertz CT molecular complexity index is 947. The number of ether oxygens (including phenoxy) is 2. The summed E-state index contributed by atoms with van der Waals surface area (Å²) in [6, 6.07) is 0. The second kappa shape index (κ2) is 9.68. The lowest BCUT2D eigenvalue weighted by Crippen LogP contribution is -2.51. The van der Waals surface area contributed by atoms with E-state index in [1.54, 1.807) is 6.92 Å². The first kappa shape index (κ1) is 26.4. The van der Waals surface area contributed by atoms with E-state index in [-0.39, 0.29) is 36.0 Å². The van der Waals surface area contributed by atoms with Crippen LogP contribution in [0.2, 0.25) is 0 Å². The fourth-order valence-electron chi connectivity index (χ4n) is 6.98. The Labute approximate surface area is 210 Å². The first-order valence-corrected chi connectivity index (χ1v) is 13.4. The van der Waals surface area contributed by atoms with Gasteiger partial charge >= 0.3 is 0 Å². The van der Waals surface area contributed by atoms with E-state index < -0.39 is 29.7 Å². The van der Waals surface area contributed by atoms with Crippen LogP contribution in [0.3, 0.4) is 0 Å². The van der Waals surface area contributed by atoms with E-state index in [4.69, 9.17) is 9.47 Å². The molecule has 0 aromatic carbocycles. The van der Waals surface area contributed by atoms with Crippen molar-refractivity contribution < 1.29 is 29.6 Å². The number of rotatable bonds is 0. The molecule has 4 aliphatic rings. The summed E-state index contributed by atoms with van der Waals surface area (Å²) >= 11 is 0. The summed E-state index contributed by atoms with van der Waals surface area (Å²) in [4.78, 5) is 13.1. The number of fused-ring (bicyclic) bond motifs is 4. The summed E-state index contributed by atoms with van der Waals surface area (Å²) in [6.07, 6.45) is 4.61. The normalized spacial score (nSPS) is 46.8. The summed E-state index contributed by atoms with van der Waals surface area (Å²) < 4.78 is 12.8. The molecule has 10 atom stereocenters. The fourth-order valence-corrected chi connectivity index (χ4v) is 6.98. The summed E-state index contributed by atoms with van der Waals surface area (Å²) in [5.41, 5.74) is 2.15. The van der Waals surface area contributed by atoms with E-state index in [0.29, 0.717) is 28.7 Å². The Balaban J connectivity index is 1.79. The number of aliphatic hydroxyl groups excluding tert-OH is 2. The first-order valence-electron chi connectivity index (χ1n) is 13.4. The van der Waals surface area contributed by atoms with Gasteiger partial charge in [0.05, 0.1) is 24.2 Å². The van der Waals surface area contributed by atoms with Gasteiger partial charge in [-0.2, -0.15) is 0 Å². The lowest BCUT2D eigenvalue weighted by Gasteiger charge is -2.45. The van der Waals surface area contributed by atoms with E-state index in [9.17, 15) is 20.1 Å². The molecule has 4 bridgehead atoms. The number of carbonyl (C=O) groups excluding carboxylic acids is 1. The summed E-state index contributed by atoms with van der Waals surface area (Å²) in [5.74, 6) is -2.02. The largest absolute Gasteiger partial charge is 0.504 e. The van der Waals surface area contributed by atoms with Crippen molar-refractivity contribution in [3.8, 4) is 0 Å². The number of aliphatic hydroxyl groups is 3. The van der Waals surface area contributed by atoms with Crippen LogP contribution >= 0.6 is 0 Å². The fraction of sp³-hybridized carbons (Fsp3) is 0.759. The third-order valence-corrected chi connectivity index (χ3v) is 9.12. The average Bonchev–Trinajstić information content (AvgIpc) is 3.14. The zero-order valence-corrected chi connectivity index (χ0v) is 22.4. The number of Topliss-reactive ketones (excluding diaryl/α,β-unsaturated/α-hetero) is 1. The van der Waals surface area contributed by atoms with Gasteiger partial charge in [-0.05, 0) is 51.4 Å². The number of allylic oxidation sites excluding steroid dienone is 4. The van der Waals surface area contributed by atoms with Crippen LogP contribution in [0, 0.1) is 35.5 Å². The molecule has 196 valence electrons. The van der Waals surface area contributed by atoms with Crippen LogP contribution < -0.4 is 0 Å². The van der Waals surface area contributed by atoms with Gasteiger partial charge in [0, 0.05) is 35.3 Å². The monoisotopic (exact) mass is 488 g/mol. The van der Waals surface area contributed by atoms with Crippen molar-refractivity contribution in [3.63, 3.8) is 0 Å². The average molecular weight is 489 g/mol. The Morgan fingerprint density at radius 1 is 1.06 bits per heavy atom. The Morgan fingerprint density at radius 2 is 1.74 bits per heavy atom. The van der Waals surface area contributed by atoms with Crippen LogP contribution in [0.1, 0.15) is 80.6 Å². The van der Waals surface area contributed by atoms with E-state index in [1.165, 1.54) is 5.57 Å². The SMILES string of the molecule is CC1=C2OC3(O)CC2C(=C(O)C1=O)C1OC(CCC(C)/C=C(\C)CC(C)CC3C)C(C)C(O)C1C. The second-order valence-electron chi connectivity index (χ2n) is 12.1. The molecule has 1 aliphatic carbocycles. The van der Waals surface area contributed by atoms with Gasteiger partial charge in [-0.15, -0.1) is 0 Å². The number of hydrogen-bond donors (Lipinski definition) is 3. The maximum atomic E-state index is 13.1. The highest BCUT2D eigenvalue weighted by Crippen LogP contribution is 2.52. The van der Waals surface area contributed by atoms with Crippen molar-refractivity contribution in [1.82, 2.24) is 0 Å². The molecule has 0 saturated carbocycles. The molecule has 4 rings (SSSR count). The van der Waals surface area contributed by atoms with Crippen molar-refractivity contribution in [2.75, 3.05) is 0 Å². The highest BCUT2D eigenvalue weighted by molar-refractivity contribution is 6.08. The Morgan fingerprint density at radius 3 is 2.43 bits per heavy atom. The minimum atomic E-state index is -1.43. The van der Waals surface area contributed by atoms with Gasteiger partial charge in [-0.1, -0.05) is 46.3 Å². The molecule has 0 aromatic heterocycles. The van der Waals surface area contributed by atoms with Gasteiger partial charge in [0.15, 0.2) is 5.76 Å². The summed E-state index contributed by atoms with van der Waals surface area (Å²) in [5, 5.41) is 33.9. The molecule has 10 unspecified atom stereocenters. The van der Waals surface area contributed by atoms with Crippen molar-refractivity contribution in [1.29, 1.82) is 0 Å². The van der Waals surface area contributed by atoms with Crippen LogP contribution in [0.4, 0.5) is 0 Å². The third kappa shape index (κ3) is 4.74. The number of hydrogen-bond acceptors (Lipinski definition) is 6. The zero-order valence-electron chi connectivity index (χ0n) is 22.4. The first-order chi connectivity index (χ1) is 16.3. The molecular formula is C29H44O6. The predicted molar refractivity (Wildman–Crippen MR) is 134 cm³/mol. The van der Waals surface area contributed by atoms with E-state index in [1.807, 2.05) is 20.8 Å². The lowest BCUT2D eigenvalue weighted by molar-refractivity contribution is -0.191. The molecule has 3 aliphatic heterocycles. The minimum absolute atomic E-state index is 0.0620. The van der Waals surface area contributed by atoms with Crippen molar-refractivity contribution in [2.45, 2.75) is 105 Å². The molecule has 6 heteroatoms. The Kier molecular flexibility index (Phi) is 7.31. The van der Waals surface area contributed by atoms with E-state index in [2.05, 4.69) is 26.8 Å². The second-order valence-corrected chi connectivity index (χ2v) is 12.1. The van der Waals surface area contributed by atoms with Crippen molar-refractivity contribution in [3.05, 3.63) is 34.3 Å². The highest BCUT2D eigenvalue weighted by atomic mass is 16.6. The van der Waals surface area contributed by atoms with E-state index in [0.717, 1.165) is 25.7 Å². The van der Waals surface area contributed by atoms with Crippen LogP contribution in [0.15, 0.2) is 34.3 Å². The van der Waals surface area contributed by atoms with Gasteiger partial charge in [0.25, 0.3) is 0 Å². The summed E-state index contributed by atoms with van der Waals surface area (Å²) in [7, 11) is 0. The molecule has 3 N–H and O–H groups in total. The van der Waals surface area contributed by atoms with Gasteiger partial charge in [0.2, 0.25) is 11.6 Å². The number of carbonyl (C=O) groups is 1. The molecule has 2 saturated heterocycles. The van der Waals surface area contributed by atoms with Crippen LogP contribution in [-0.2, 0) is 14.3 Å². The molecule has 2 fully saturated rings. The molecule has 35 heavy (non-hydrogen) atoms. The molecule has 6 nitrogen and oxygen atoms in total. The number of ketones is 1. The highest BCUT2D eigenvalue weighted by Gasteiger charge is 2.55. The van der Waals surface area contributed by atoms with Crippen molar-refractivity contribution in [2.24, 2.45) is 35.5 Å². The third-order valence-electron chi connectivity index (χ3n) is 9.12. The molecule has 3 heterocycles. The minimum Gasteiger partial charge on any atom is -0.504 e. The maximum absolute atomic E-state index is 13.1. The Hall–Kier alpha value is -1.63. The quantitative estimate of drug-likeness (QED) is 0.405. The lowest BCUT2D eigenvalue weighted by atomic mass is 9.72. The van der Waals surface area contributed by atoms with Gasteiger partial charge in [0.1, 0.15) is 5.76 Å². The van der Waals surface area contributed by atoms with Crippen LogP contribution in [0.25, 0.3) is 0 Å². The summed E-state index contributed by atoms with van der Waals surface area (Å²) in [6.45, 7) is 14.2. The van der Waals surface area contributed by atoms with Gasteiger partial charge in [-0.25, -0.2) is 0 Å². The topological polar surface area (TPSA) is 96.2 Å². The smallest absolute Gasteiger partial charge is 0.226 e. The molecular weight excluding hydrogens is 444 g/mol. The standard InChI is InChI=1S/C29H44O6/c1-14-8-9-22-18(5)24(30)19(6)28(34-22)23-21-13-29(33,17(4)12-16(3)11-15(2)10-14)35-27(21)20(7)25(31)26(23)32/h10,14,16-19,21-22,24,28,30,32-33H,8-9,11-13H2,1-7H3/b15-10+. The molecule has 0 aromatic rings. The molecule has 0 amide bonds. The maximum Gasteiger partial charge on any atom is 0.226 e. The van der Waals surface area contributed by atoms with E-state index >= 15 is 0 Å². The zero-order chi connectivity index (χ0) is 25.8. The molecule has 0 radical (unpaired) electrons.